The van der Waals surface area contributed by atoms with Gasteiger partial charge in [0.25, 0.3) is 0 Å². The first-order chi connectivity index (χ1) is 12.3. The average molecular weight is 357 g/mol. The van der Waals surface area contributed by atoms with Crippen molar-refractivity contribution in [3.05, 3.63) is 78.4 Å². The van der Waals surface area contributed by atoms with Crippen LogP contribution in [0.25, 0.3) is 0 Å². The maximum Gasteiger partial charge on any atom is 0.0662 e. The smallest absolute Gasteiger partial charge is 0.0662 e. The number of hydrogen-bond acceptors (Lipinski definition) is 2. The van der Waals surface area contributed by atoms with Gasteiger partial charge in [-0.1, -0.05) is 51.5 Å². The summed E-state index contributed by atoms with van der Waals surface area (Å²) in [7, 11) is 0. The van der Waals surface area contributed by atoms with Gasteiger partial charge >= 0.3 is 0 Å². The Labute approximate surface area is 160 Å². The number of aliphatic hydroxyl groups excluding tert-OH is 2. The molecule has 2 heteroatoms. The lowest BCUT2D eigenvalue weighted by Crippen LogP contribution is -1.85. The van der Waals surface area contributed by atoms with Gasteiger partial charge in [0.1, 0.15) is 0 Å². The Morgan fingerprint density at radius 1 is 0.560 bits per heavy atom. The summed E-state index contributed by atoms with van der Waals surface area (Å²) in [5, 5.41) is 15.2. The zero-order valence-electron chi connectivity index (χ0n) is 17.3. The van der Waals surface area contributed by atoms with E-state index in [0.29, 0.717) is 0 Å². The lowest BCUT2D eigenvalue weighted by atomic mass is 10.1. The van der Waals surface area contributed by atoms with E-state index in [1.54, 1.807) is 0 Å². The standard InChI is InChI=1S/C11H22.C2H6O2.5C2H4/c1-3-5-7-9-11-10-8-6-4-2;3-1-2-4;5*1-2/h3H,1,4-11H2,2H3;3-4H,1-2H2;5*1-2H2. The highest BCUT2D eigenvalue weighted by molar-refractivity contribution is 4.65. The highest BCUT2D eigenvalue weighted by Gasteiger charge is 1.88. The van der Waals surface area contributed by atoms with Crippen LogP contribution in [0.15, 0.2) is 78.4 Å². The van der Waals surface area contributed by atoms with Crippen LogP contribution >= 0.6 is 0 Å². The summed E-state index contributed by atoms with van der Waals surface area (Å²) in [4.78, 5) is 0. The summed E-state index contributed by atoms with van der Waals surface area (Å²) >= 11 is 0. The quantitative estimate of drug-likeness (QED) is 0.336. The molecule has 0 aliphatic carbocycles. The van der Waals surface area contributed by atoms with Crippen molar-refractivity contribution in [1.82, 2.24) is 0 Å². The van der Waals surface area contributed by atoms with Gasteiger partial charge in [0.05, 0.1) is 13.2 Å². The highest BCUT2D eigenvalue weighted by atomic mass is 16.3. The molecule has 0 unspecified atom stereocenters. The van der Waals surface area contributed by atoms with Crippen molar-refractivity contribution < 1.29 is 10.2 Å². The Kier molecular flexibility index (Phi) is 203. The molecule has 0 rings (SSSR count). The number of hydrogen-bond donors (Lipinski definition) is 2. The first-order valence-corrected chi connectivity index (χ1v) is 8.66. The fourth-order valence-electron chi connectivity index (χ4n) is 1.25. The lowest BCUT2D eigenvalue weighted by Gasteiger charge is -1.98. The van der Waals surface area contributed by atoms with Crippen molar-refractivity contribution in [2.45, 2.75) is 58.3 Å². The Morgan fingerprint density at radius 3 is 1.08 bits per heavy atom. The molecule has 0 radical (unpaired) electrons. The molecule has 152 valence electrons. The van der Waals surface area contributed by atoms with Gasteiger partial charge in [-0.25, -0.2) is 0 Å². The number of unbranched alkanes of at least 4 members (excludes halogenated alkanes) is 7. The van der Waals surface area contributed by atoms with Crippen LogP contribution in [0.3, 0.4) is 0 Å². The van der Waals surface area contributed by atoms with Crippen LogP contribution in [0.5, 0.6) is 0 Å². The van der Waals surface area contributed by atoms with Crippen molar-refractivity contribution in [2.24, 2.45) is 0 Å². The molecule has 0 atom stereocenters. The molecule has 0 aromatic rings. The second kappa shape index (κ2) is 116. The first-order valence-electron chi connectivity index (χ1n) is 8.66. The maximum atomic E-state index is 7.62. The Morgan fingerprint density at radius 2 is 0.840 bits per heavy atom. The summed E-state index contributed by atoms with van der Waals surface area (Å²) in [6.07, 6.45) is 13.0. The lowest BCUT2D eigenvalue weighted by molar-refractivity contribution is 0.186. The molecule has 0 amide bonds. The summed E-state index contributed by atoms with van der Waals surface area (Å²) in [6, 6.07) is 0. The molecule has 0 bridgehead atoms. The van der Waals surface area contributed by atoms with Gasteiger partial charge in [-0.3, -0.25) is 0 Å². The van der Waals surface area contributed by atoms with Crippen molar-refractivity contribution in [3.63, 3.8) is 0 Å². The molecule has 0 fully saturated rings. The molecular formula is C23H48O2. The third kappa shape index (κ3) is 171. The Hall–Kier alpha value is -1.64. The van der Waals surface area contributed by atoms with Gasteiger partial charge in [0, 0.05) is 0 Å². The summed E-state index contributed by atoms with van der Waals surface area (Å²) in [5.74, 6) is 0. The zero-order chi connectivity index (χ0) is 21.8. The SMILES string of the molecule is C=C.C=C.C=C.C=C.C=C.C=CCCCCCCCCC.OCCO. The van der Waals surface area contributed by atoms with Crippen molar-refractivity contribution >= 4 is 0 Å². The van der Waals surface area contributed by atoms with Crippen LogP contribution in [-0.4, -0.2) is 23.4 Å². The minimum absolute atomic E-state index is 0.125. The number of rotatable bonds is 9. The monoisotopic (exact) mass is 356 g/mol. The molecule has 2 nitrogen and oxygen atoms in total. The molecule has 2 N–H and O–H groups in total. The van der Waals surface area contributed by atoms with Crippen molar-refractivity contribution in [3.8, 4) is 0 Å². The first kappa shape index (κ1) is 43.6. The predicted molar refractivity (Wildman–Crippen MR) is 123 cm³/mol. The van der Waals surface area contributed by atoms with E-state index in [1.165, 1.54) is 51.4 Å². The second-order valence-electron chi connectivity index (χ2n) is 3.65. The molecule has 0 saturated heterocycles. The summed E-state index contributed by atoms with van der Waals surface area (Å²) in [6.45, 7) is 35.7. The normalized spacial score (nSPS) is 6.36. The molecule has 0 aliphatic heterocycles. The van der Waals surface area contributed by atoms with Crippen LogP contribution in [0.1, 0.15) is 58.3 Å². The van der Waals surface area contributed by atoms with Gasteiger partial charge < -0.3 is 10.2 Å². The summed E-state index contributed by atoms with van der Waals surface area (Å²) < 4.78 is 0. The molecule has 0 aromatic carbocycles. The molecule has 25 heavy (non-hydrogen) atoms. The minimum Gasteiger partial charge on any atom is -0.394 e. The van der Waals surface area contributed by atoms with Crippen LogP contribution < -0.4 is 0 Å². The second-order valence-corrected chi connectivity index (χ2v) is 3.65. The van der Waals surface area contributed by atoms with E-state index in [0.717, 1.165) is 0 Å². The van der Waals surface area contributed by atoms with Crippen molar-refractivity contribution in [2.75, 3.05) is 13.2 Å². The average Bonchev–Trinajstić information content (AvgIpc) is 2.75. The van der Waals surface area contributed by atoms with E-state index >= 15 is 0 Å². The third-order valence-electron chi connectivity index (χ3n) is 2.11. The van der Waals surface area contributed by atoms with Crippen LogP contribution in [0.4, 0.5) is 0 Å². The number of aliphatic hydroxyl groups is 2. The molecule has 0 aromatic heterocycles. The van der Waals surface area contributed by atoms with Crippen LogP contribution in [0.2, 0.25) is 0 Å². The Bertz CT molecular complexity index is 145. The molecule has 0 spiro atoms. The van der Waals surface area contributed by atoms with E-state index in [1.807, 2.05) is 6.08 Å². The van der Waals surface area contributed by atoms with E-state index < -0.39 is 0 Å². The van der Waals surface area contributed by atoms with Crippen LogP contribution in [0, 0.1) is 0 Å². The predicted octanol–water partition coefficient (Wildman–Crippen LogP) is 7.30. The highest BCUT2D eigenvalue weighted by Crippen LogP contribution is 2.07. The largest absolute Gasteiger partial charge is 0.394 e. The zero-order valence-corrected chi connectivity index (χ0v) is 17.3. The van der Waals surface area contributed by atoms with Gasteiger partial charge in [-0.05, 0) is 12.8 Å². The van der Waals surface area contributed by atoms with Gasteiger partial charge in [0.2, 0.25) is 0 Å². The van der Waals surface area contributed by atoms with E-state index in [9.17, 15) is 0 Å². The van der Waals surface area contributed by atoms with E-state index in [-0.39, 0.29) is 13.2 Å². The maximum absolute atomic E-state index is 7.62. The van der Waals surface area contributed by atoms with Gasteiger partial charge in [-0.15, -0.1) is 72.4 Å². The third-order valence-corrected chi connectivity index (χ3v) is 2.11. The molecule has 0 saturated carbocycles. The molecular weight excluding hydrogens is 308 g/mol. The number of allylic oxidation sites excluding steroid dienone is 1. The Balaban J connectivity index is -0.0000000387. The van der Waals surface area contributed by atoms with E-state index in [2.05, 4.69) is 79.3 Å². The van der Waals surface area contributed by atoms with Crippen molar-refractivity contribution in [1.29, 1.82) is 0 Å². The topological polar surface area (TPSA) is 40.5 Å². The fourth-order valence-corrected chi connectivity index (χ4v) is 1.25. The van der Waals surface area contributed by atoms with Crippen LogP contribution in [-0.2, 0) is 0 Å². The molecule has 0 aliphatic rings. The summed E-state index contributed by atoms with van der Waals surface area (Å²) in [5.41, 5.74) is 0. The van der Waals surface area contributed by atoms with Gasteiger partial charge in [-0.2, -0.15) is 0 Å². The van der Waals surface area contributed by atoms with Gasteiger partial charge in [0.15, 0.2) is 0 Å². The fraction of sp³-hybridized carbons (Fsp3) is 0.478. The van der Waals surface area contributed by atoms with E-state index in [4.69, 9.17) is 10.2 Å². The minimum atomic E-state index is -0.125. The molecule has 0 heterocycles.